The van der Waals surface area contributed by atoms with Crippen molar-refractivity contribution >= 4 is 11.9 Å². The molecule has 0 saturated heterocycles. The van der Waals surface area contributed by atoms with Crippen molar-refractivity contribution in [2.45, 2.75) is 53.9 Å². The van der Waals surface area contributed by atoms with Gasteiger partial charge in [0.2, 0.25) is 0 Å². The summed E-state index contributed by atoms with van der Waals surface area (Å²) in [5.41, 5.74) is 2.21. The molecule has 0 radical (unpaired) electrons. The summed E-state index contributed by atoms with van der Waals surface area (Å²) in [6, 6.07) is 0. The second kappa shape index (κ2) is 7.43. The fourth-order valence-electron chi connectivity index (χ4n) is 2.72. The molecule has 4 heteroatoms. The van der Waals surface area contributed by atoms with Gasteiger partial charge >= 0.3 is 11.9 Å². The molecule has 0 spiro atoms. The third kappa shape index (κ3) is 4.45. The molecule has 0 aromatic carbocycles. The van der Waals surface area contributed by atoms with Crippen LogP contribution in [0.5, 0.6) is 0 Å². The molecular formula is C17H26O4. The summed E-state index contributed by atoms with van der Waals surface area (Å²) in [7, 11) is 0. The highest BCUT2D eigenvalue weighted by molar-refractivity contribution is 6.14. The number of rotatable bonds is 5. The van der Waals surface area contributed by atoms with Gasteiger partial charge in [-0.3, -0.25) is 0 Å². The summed E-state index contributed by atoms with van der Waals surface area (Å²) in [4.78, 5) is 24.1. The molecule has 21 heavy (non-hydrogen) atoms. The number of allylic oxidation sites excluding steroid dienone is 3. The second-order valence-electron chi connectivity index (χ2n) is 5.93. The molecule has 1 rings (SSSR count). The largest absolute Gasteiger partial charge is 0.462 e. The summed E-state index contributed by atoms with van der Waals surface area (Å²) in [5, 5.41) is 0. The van der Waals surface area contributed by atoms with Gasteiger partial charge in [0.05, 0.1) is 13.2 Å². The van der Waals surface area contributed by atoms with Crippen molar-refractivity contribution in [1.82, 2.24) is 0 Å². The number of ether oxygens (including phenoxy) is 2. The van der Waals surface area contributed by atoms with E-state index in [1.807, 2.05) is 0 Å². The fraction of sp³-hybridized carbons (Fsp3) is 0.647. The van der Waals surface area contributed by atoms with Crippen LogP contribution in [0, 0.1) is 5.41 Å². The lowest BCUT2D eigenvalue weighted by Gasteiger charge is -2.33. The van der Waals surface area contributed by atoms with E-state index in [0.29, 0.717) is 0 Å². The van der Waals surface area contributed by atoms with Crippen molar-refractivity contribution in [3.05, 3.63) is 22.8 Å². The Labute approximate surface area is 127 Å². The molecule has 0 N–H and O–H groups in total. The smallest absolute Gasteiger partial charge is 0.345 e. The summed E-state index contributed by atoms with van der Waals surface area (Å²) in [6.07, 6.45) is 4.83. The molecule has 0 bridgehead atoms. The Morgan fingerprint density at radius 1 is 1.14 bits per heavy atom. The topological polar surface area (TPSA) is 52.6 Å². The molecule has 0 fully saturated rings. The van der Waals surface area contributed by atoms with Crippen LogP contribution in [-0.4, -0.2) is 25.2 Å². The van der Waals surface area contributed by atoms with Crippen molar-refractivity contribution in [2.75, 3.05) is 13.2 Å². The van der Waals surface area contributed by atoms with E-state index in [9.17, 15) is 9.59 Å². The third-order valence-electron chi connectivity index (χ3n) is 3.82. The van der Waals surface area contributed by atoms with E-state index >= 15 is 0 Å². The van der Waals surface area contributed by atoms with Crippen LogP contribution < -0.4 is 0 Å². The van der Waals surface area contributed by atoms with Gasteiger partial charge in [0.25, 0.3) is 0 Å². The van der Waals surface area contributed by atoms with Crippen LogP contribution in [0.3, 0.4) is 0 Å². The highest BCUT2D eigenvalue weighted by atomic mass is 16.6. The van der Waals surface area contributed by atoms with Crippen LogP contribution in [0.1, 0.15) is 53.9 Å². The van der Waals surface area contributed by atoms with Crippen molar-refractivity contribution < 1.29 is 19.1 Å². The Balaban J connectivity index is 3.23. The molecule has 1 aliphatic rings. The van der Waals surface area contributed by atoms with E-state index in [1.54, 1.807) is 19.9 Å². The van der Waals surface area contributed by atoms with Crippen LogP contribution >= 0.6 is 0 Å². The van der Waals surface area contributed by atoms with Crippen molar-refractivity contribution in [3.63, 3.8) is 0 Å². The average molecular weight is 294 g/mol. The predicted octanol–water partition coefficient (Wildman–Crippen LogP) is 3.57. The number of carbonyl (C=O) groups is 2. The highest BCUT2D eigenvalue weighted by Gasteiger charge is 2.30. The van der Waals surface area contributed by atoms with Crippen LogP contribution in [0.4, 0.5) is 0 Å². The Bertz CT molecular complexity index is 449. The zero-order valence-corrected chi connectivity index (χ0v) is 13.7. The van der Waals surface area contributed by atoms with Crippen LogP contribution in [0.2, 0.25) is 0 Å². The Kier molecular flexibility index (Phi) is 6.19. The minimum atomic E-state index is -0.613. The summed E-state index contributed by atoms with van der Waals surface area (Å²) in [5.74, 6) is -1.23. The summed E-state index contributed by atoms with van der Waals surface area (Å²) < 4.78 is 9.97. The van der Waals surface area contributed by atoms with Gasteiger partial charge in [-0.15, -0.1) is 0 Å². The van der Waals surface area contributed by atoms with Gasteiger partial charge in [-0.2, -0.15) is 0 Å². The lowest BCUT2D eigenvalue weighted by Crippen LogP contribution is -2.23. The van der Waals surface area contributed by atoms with Crippen molar-refractivity contribution in [3.8, 4) is 0 Å². The van der Waals surface area contributed by atoms with E-state index in [2.05, 4.69) is 20.8 Å². The van der Waals surface area contributed by atoms with Gasteiger partial charge in [0.15, 0.2) is 0 Å². The predicted molar refractivity (Wildman–Crippen MR) is 81.7 cm³/mol. The van der Waals surface area contributed by atoms with E-state index < -0.39 is 11.9 Å². The van der Waals surface area contributed by atoms with Crippen molar-refractivity contribution in [1.29, 1.82) is 0 Å². The van der Waals surface area contributed by atoms with Crippen LogP contribution in [0.15, 0.2) is 22.8 Å². The minimum absolute atomic E-state index is 0.0111. The van der Waals surface area contributed by atoms with Crippen molar-refractivity contribution in [2.24, 2.45) is 5.41 Å². The Hall–Kier alpha value is -1.58. The van der Waals surface area contributed by atoms with E-state index in [4.69, 9.17) is 9.47 Å². The fourth-order valence-corrected chi connectivity index (χ4v) is 2.72. The summed E-state index contributed by atoms with van der Waals surface area (Å²) in [6.45, 7) is 10.2. The van der Waals surface area contributed by atoms with E-state index in [-0.39, 0.29) is 24.2 Å². The maximum Gasteiger partial charge on any atom is 0.345 e. The van der Waals surface area contributed by atoms with Gasteiger partial charge in [-0.1, -0.05) is 19.4 Å². The quantitative estimate of drug-likeness (QED) is 0.337. The van der Waals surface area contributed by atoms with Gasteiger partial charge in [-0.25, -0.2) is 9.59 Å². The van der Waals surface area contributed by atoms with E-state index in [0.717, 1.165) is 24.8 Å². The first-order valence-corrected chi connectivity index (χ1v) is 7.59. The van der Waals surface area contributed by atoms with Gasteiger partial charge in [0.1, 0.15) is 5.57 Å². The molecule has 1 aliphatic carbocycles. The maximum atomic E-state index is 12.0. The lowest BCUT2D eigenvalue weighted by molar-refractivity contribution is -0.146. The van der Waals surface area contributed by atoms with Crippen LogP contribution in [-0.2, 0) is 19.1 Å². The maximum absolute atomic E-state index is 12.0. The first-order valence-electron chi connectivity index (χ1n) is 7.59. The molecule has 0 saturated carbocycles. The van der Waals surface area contributed by atoms with E-state index in [1.165, 1.54) is 5.57 Å². The van der Waals surface area contributed by atoms with Gasteiger partial charge in [-0.05, 0) is 57.1 Å². The summed E-state index contributed by atoms with van der Waals surface area (Å²) >= 11 is 0. The molecule has 0 heterocycles. The number of hydrogen-bond donors (Lipinski definition) is 0. The third-order valence-corrected chi connectivity index (χ3v) is 3.82. The molecule has 0 aromatic rings. The highest BCUT2D eigenvalue weighted by Crippen LogP contribution is 2.41. The Morgan fingerprint density at radius 2 is 1.67 bits per heavy atom. The standard InChI is InChI=1S/C17H26O4/c1-6-20-15(18)13(16(19)21-7-2)11-14-12(3)9-8-10-17(14,4)5/h11H,6-10H2,1-5H3. The molecule has 118 valence electrons. The number of hydrogen-bond acceptors (Lipinski definition) is 4. The normalized spacial score (nSPS) is 17.2. The molecule has 0 atom stereocenters. The average Bonchev–Trinajstić information content (AvgIpc) is 2.38. The molecular weight excluding hydrogens is 268 g/mol. The molecule has 0 aromatic heterocycles. The monoisotopic (exact) mass is 294 g/mol. The van der Waals surface area contributed by atoms with Gasteiger partial charge < -0.3 is 9.47 Å². The molecule has 0 amide bonds. The minimum Gasteiger partial charge on any atom is -0.462 e. The molecule has 0 aliphatic heterocycles. The first kappa shape index (κ1) is 17.5. The molecule has 0 unspecified atom stereocenters. The zero-order valence-electron chi connectivity index (χ0n) is 13.7. The molecule has 4 nitrogen and oxygen atoms in total. The number of carbonyl (C=O) groups excluding carboxylic acids is 2. The van der Waals surface area contributed by atoms with Crippen LogP contribution in [0.25, 0.3) is 0 Å². The number of esters is 2. The Morgan fingerprint density at radius 3 is 2.10 bits per heavy atom. The van der Waals surface area contributed by atoms with Gasteiger partial charge in [0, 0.05) is 0 Å². The lowest BCUT2D eigenvalue weighted by atomic mass is 9.72. The first-order chi connectivity index (χ1) is 9.83. The second-order valence-corrected chi connectivity index (χ2v) is 5.93. The SMILES string of the molecule is CCOC(=O)C(=CC1=C(C)CCCC1(C)C)C(=O)OCC. The zero-order chi connectivity index (χ0) is 16.0.